The van der Waals surface area contributed by atoms with Crippen molar-refractivity contribution in [3.8, 4) is 11.8 Å². The zero-order valence-electron chi connectivity index (χ0n) is 15.4. The van der Waals surface area contributed by atoms with Gasteiger partial charge >= 0.3 is 0 Å². The van der Waals surface area contributed by atoms with Crippen LogP contribution in [-0.4, -0.2) is 42.0 Å². The molecule has 1 aromatic carbocycles. The first-order chi connectivity index (χ1) is 13.0. The number of aliphatic imine (C=N–C) groups is 1. The van der Waals surface area contributed by atoms with Crippen molar-refractivity contribution in [2.45, 2.75) is 25.8 Å². The van der Waals surface area contributed by atoms with E-state index in [2.05, 4.69) is 21.5 Å². The van der Waals surface area contributed by atoms with E-state index in [1.165, 1.54) is 16.8 Å². The van der Waals surface area contributed by atoms with Gasteiger partial charge in [0.2, 0.25) is 0 Å². The second kappa shape index (κ2) is 9.54. The van der Waals surface area contributed by atoms with Crippen LogP contribution >= 0.6 is 0 Å². The summed E-state index contributed by atoms with van der Waals surface area (Å²) < 4.78 is 19.6. The van der Waals surface area contributed by atoms with Crippen molar-refractivity contribution in [3.63, 3.8) is 0 Å². The van der Waals surface area contributed by atoms with E-state index in [1.807, 2.05) is 6.92 Å². The van der Waals surface area contributed by atoms with E-state index in [-0.39, 0.29) is 17.7 Å². The molecule has 1 unspecified atom stereocenters. The lowest BCUT2D eigenvalue weighted by Crippen LogP contribution is -2.40. The number of nitriles is 1. The van der Waals surface area contributed by atoms with Crippen LogP contribution in [0.4, 0.5) is 10.2 Å². The van der Waals surface area contributed by atoms with Gasteiger partial charge in [-0.15, -0.1) is 0 Å². The number of ether oxygens (including phenoxy) is 1. The normalized spacial score (nSPS) is 12.6. The predicted octanol–water partition coefficient (Wildman–Crippen LogP) is 1.34. The smallest absolute Gasteiger partial charge is 0.188 e. The van der Waals surface area contributed by atoms with Crippen molar-refractivity contribution >= 4 is 11.8 Å². The molecule has 9 heteroatoms. The van der Waals surface area contributed by atoms with Gasteiger partial charge in [0.05, 0.1) is 18.0 Å². The number of guanidine groups is 1. The van der Waals surface area contributed by atoms with Gasteiger partial charge in [-0.2, -0.15) is 10.4 Å². The molecular formula is C18H24FN7O. The Balaban J connectivity index is 2.02. The number of nitrogens with one attached hydrogen (secondary N) is 1. The quantitative estimate of drug-likeness (QED) is 0.364. The summed E-state index contributed by atoms with van der Waals surface area (Å²) in [5.41, 5.74) is 13.3. The van der Waals surface area contributed by atoms with Crippen LogP contribution in [0, 0.1) is 17.1 Å². The highest BCUT2D eigenvalue weighted by atomic mass is 19.1. The van der Waals surface area contributed by atoms with Gasteiger partial charge in [-0.05, 0) is 44.0 Å². The standard InChI is InChI=1S/C18H24FN7O/c1-12(11-27-2)24-18(22)23-9-3-4-16-15(10-20)17(21)26(25-16)14-7-5-13(19)6-8-14/h5-8,12H,3-4,9,11,21H2,1-2H3,(H3,22,23,24). The van der Waals surface area contributed by atoms with Gasteiger partial charge in [0.15, 0.2) is 5.96 Å². The largest absolute Gasteiger partial charge is 0.383 e. The Kier molecular flexibility index (Phi) is 7.14. The predicted molar refractivity (Wildman–Crippen MR) is 102 cm³/mol. The van der Waals surface area contributed by atoms with Crippen LogP contribution < -0.4 is 16.8 Å². The highest BCUT2D eigenvalue weighted by molar-refractivity contribution is 5.78. The Morgan fingerprint density at radius 2 is 2.15 bits per heavy atom. The fourth-order valence-corrected chi connectivity index (χ4v) is 2.59. The van der Waals surface area contributed by atoms with Crippen molar-refractivity contribution in [2.24, 2.45) is 10.7 Å². The molecule has 8 nitrogen and oxygen atoms in total. The molecule has 0 aliphatic rings. The number of benzene rings is 1. The number of hydrogen-bond acceptors (Lipinski definition) is 5. The van der Waals surface area contributed by atoms with E-state index >= 15 is 0 Å². The zero-order valence-corrected chi connectivity index (χ0v) is 15.4. The molecule has 0 fully saturated rings. The lowest BCUT2D eigenvalue weighted by atomic mass is 10.1. The summed E-state index contributed by atoms with van der Waals surface area (Å²) in [7, 11) is 1.62. The molecule has 0 saturated carbocycles. The molecule has 0 saturated heterocycles. The molecule has 1 heterocycles. The highest BCUT2D eigenvalue weighted by Crippen LogP contribution is 2.21. The number of aromatic nitrogens is 2. The first kappa shape index (κ1) is 20.2. The Bertz CT molecular complexity index is 823. The van der Waals surface area contributed by atoms with Crippen molar-refractivity contribution in [3.05, 3.63) is 41.3 Å². The van der Waals surface area contributed by atoms with Gasteiger partial charge in [-0.25, -0.2) is 9.07 Å². The summed E-state index contributed by atoms with van der Waals surface area (Å²) in [6, 6.07) is 7.90. The molecule has 144 valence electrons. The summed E-state index contributed by atoms with van der Waals surface area (Å²) in [6.45, 7) is 2.95. The number of hydrogen-bond donors (Lipinski definition) is 3. The van der Waals surface area contributed by atoms with E-state index in [0.29, 0.717) is 48.9 Å². The maximum absolute atomic E-state index is 13.1. The van der Waals surface area contributed by atoms with Crippen LogP contribution in [-0.2, 0) is 11.2 Å². The third-order valence-electron chi connectivity index (χ3n) is 3.84. The van der Waals surface area contributed by atoms with E-state index in [4.69, 9.17) is 16.2 Å². The lowest BCUT2D eigenvalue weighted by Gasteiger charge is -2.12. The molecule has 0 aliphatic heterocycles. The van der Waals surface area contributed by atoms with Crippen LogP contribution in [0.15, 0.2) is 29.3 Å². The maximum atomic E-state index is 13.1. The average molecular weight is 373 g/mol. The van der Waals surface area contributed by atoms with Crippen molar-refractivity contribution in [1.29, 1.82) is 5.26 Å². The molecule has 1 atom stereocenters. The summed E-state index contributed by atoms with van der Waals surface area (Å²) in [5.74, 6) is 0.225. The van der Waals surface area contributed by atoms with Gasteiger partial charge in [0.25, 0.3) is 0 Å². The number of aryl methyl sites for hydroxylation is 1. The van der Waals surface area contributed by atoms with Crippen LogP contribution in [0.1, 0.15) is 24.6 Å². The number of methoxy groups -OCH3 is 1. The molecule has 5 N–H and O–H groups in total. The van der Waals surface area contributed by atoms with Gasteiger partial charge in [0.1, 0.15) is 23.3 Å². The van der Waals surface area contributed by atoms with Crippen molar-refractivity contribution < 1.29 is 9.13 Å². The molecule has 0 radical (unpaired) electrons. The second-order valence-electron chi connectivity index (χ2n) is 6.08. The molecule has 0 spiro atoms. The summed E-state index contributed by atoms with van der Waals surface area (Å²) in [6.07, 6.45) is 1.17. The maximum Gasteiger partial charge on any atom is 0.188 e. The Morgan fingerprint density at radius 3 is 2.78 bits per heavy atom. The monoisotopic (exact) mass is 373 g/mol. The third-order valence-corrected chi connectivity index (χ3v) is 3.84. The SMILES string of the molecule is COCC(C)NC(N)=NCCCc1nn(-c2ccc(F)cc2)c(N)c1C#N. The molecule has 1 aromatic heterocycles. The van der Waals surface area contributed by atoms with Crippen LogP contribution in [0.3, 0.4) is 0 Å². The molecule has 2 rings (SSSR count). The van der Waals surface area contributed by atoms with Gasteiger partial charge in [-0.1, -0.05) is 0 Å². The number of nitrogens with zero attached hydrogens (tertiary/aromatic N) is 4. The number of anilines is 1. The van der Waals surface area contributed by atoms with Crippen LogP contribution in [0.5, 0.6) is 0 Å². The molecule has 0 bridgehead atoms. The minimum Gasteiger partial charge on any atom is -0.383 e. The summed E-state index contributed by atoms with van der Waals surface area (Å²) >= 11 is 0. The number of rotatable bonds is 8. The number of nitrogens with two attached hydrogens (primary N) is 2. The molecule has 2 aromatic rings. The number of nitrogen functional groups attached to an aromatic ring is 1. The van der Waals surface area contributed by atoms with Gasteiger partial charge < -0.3 is 21.5 Å². The lowest BCUT2D eigenvalue weighted by molar-refractivity contribution is 0.179. The Morgan fingerprint density at radius 1 is 1.44 bits per heavy atom. The average Bonchev–Trinajstić information content (AvgIpc) is 2.95. The second-order valence-corrected chi connectivity index (χ2v) is 6.08. The Hall–Kier alpha value is -3.12. The molecule has 27 heavy (non-hydrogen) atoms. The molecule has 0 amide bonds. The fraction of sp³-hybridized carbons (Fsp3) is 0.389. The van der Waals surface area contributed by atoms with E-state index in [1.54, 1.807) is 19.2 Å². The summed E-state index contributed by atoms with van der Waals surface area (Å²) in [5, 5.41) is 16.8. The first-order valence-corrected chi connectivity index (χ1v) is 8.55. The Labute approximate surface area is 157 Å². The van der Waals surface area contributed by atoms with E-state index in [9.17, 15) is 9.65 Å². The molecular weight excluding hydrogens is 349 g/mol. The van der Waals surface area contributed by atoms with Crippen LogP contribution in [0.25, 0.3) is 5.69 Å². The first-order valence-electron chi connectivity index (χ1n) is 8.55. The minimum atomic E-state index is -0.353. The third kappa shape index (κ3) is 5.43. The van der Waals surface area contributed by atoms with Crippen LogP contribution in [0.2, 0.25) is 0 Å². The highest BCUT2D eigenvalue weighted by Gasteiger charge is 2.16. The van der Waals surface area contributed by atoms with Gasteiger partial charge in [-0.3, -0.25) is 4.99 Å². The minimum absolute atomic E-state index is 0.0650. The van der Waals surface area contributed by atoms with Gasteiger partial charge in [0, 0.05) is 19.7 Å². The number of halogens is 1. The van der Waals surface area contributed by atoms with Crippen molar-refractivity contribution in [2.75, 3.05) is 26.0 Å². The fourth-order valence-electron chi connectivity index (χ4n) is 2.59. The molecule has 0 aliphatic carbocycles. The topological polar surface area (TPSA) is 127 Å². The zero-order chi connectivity index (χ0) is 19.8. The van der Waals surface area contributed by atoms with Crippen molar-refractivity contribution in [1.82, 2.24) is 15.1 Å². The summed E-state index contributed by atoms with van der Waals surface area (Å²) in [4.78, 5) is 4.25. The van der Waals surface area contributed by atoms with E-state index in [0.717, 1.165) is 0 Å². The van der Waals surface area contributed by atoms with E-state index < -0.39 is 0 Å².